The monoisotopic (exact) mass is 326 g/mol. The molecule has 1 heterocycles. The highest BCUT2D eigenvalue weighted by Crippen LogP contribution is 2.23. The number of amides is 1. The van der Waals surface area contributed by atoms with Gasteiger partial charge in [0.05, 0.1) is 24.8 Å². The summed E-state index contributed by atoms with van der Waals surface area (Å²) in [5.41, 5.74) is 0. The van der Waals surface area contributed by atoms with Crippen molar-refractivity contribution in [2.24, 2.45) is 0 Å². The third-order valence-electron chi connectivity index (χ3n) is 3.50. The topological polar surface area (TPSA) is 50.8 Å². The molecule has 0 aliphatic carbocycles. The fourth-order valence-electron chi connectivity index (χ4n) is 2.24. The van der Waals surface area contributed by atoms with E-state index in [0.717, 1.165) is 32.8 Å². The van der Waals surface area contributed by atoms with Crippen molar-refractivity contribution in [1.82, 2.24) is 10.2 Å². The van der Waals surface area contributed by atoms with Gasteiger partial charge in [-0.05, 0) is 18.6 Å². The normalized spacial score (nSPS) is 15.5. The summed E-state index contributed by atoms with van der Waals surface area (Å²) < 4.78 is 10.8. The fourth-order valence-corrected chi connectivity index (χ4v) is 2.43. The second-order valence-corrected chi connectivity index (χ2v) is 5.59. The predicted molar refractivity (Wildman–Crippen MR) is 86.4 cm³/mol. The van der Waals surface area contributed by atoms with E-state index in [9.17, 15) is 4.79 Å². The first-order chi connectivity index (χ1) is 10.8. The van der Waals surface area contributed by atoms with Crippen molar-refractivity contribution in [2.45, 2.75) is 12.8 Å². The van der Waals surface area contributed by atoms with Crippen LogP contribution in [0.25, 0.3) is 0 Å². The van der Waals surface area contributed by atoms with E-state index in [2.05, 4.69) is 10.2 Å². The summed E-state index contributed by atoms with van der Waals surface area (Å²) in [4.78, 5) is 14.0. The zero-order valence-corrected chi connectivity index (χ0v) is 13.5. The lowest BCUT2D eigenvalue weighted by molar-refractivity contribution is -0.121. The van der Waals surface area contributed by atoms with E-state index < -0.39 is 0 Å². The average molecular weight is 327 g/mol. The summed E-state index contributed by atoms with van der Waals surface area (Å²) in [6.07, 6.45) is 1.14. The zero-order chi connectivity index (χ0) is 15.6. The Morgan fingerprint density at radius 2 is 2.09 bits per heavy atom. The van der Waals surface area contributed by atoms with Crippen LogP contribution in [0.1, 0.15) is 12.8 Å². The minimum Gasteiger partial charge on any atom is -0.492 e. The molecule has 1 aromatic rings. The number of rotatable bonds is 8. The first-order valence-corrected chi connectivity index (χ1v) is 8.07. The number of carbonyl (C=O) groups is 1. The van der Waals surface area contributed by atoms with Gasteiger partial charge < -0.3 is 14.8 Å². The van der Waals surface area contributed by atoms with E-state index in [1.807, 2.05) is 18.2 Å². The lowest BCUT2D eigenvalue weighted by Crippen LogP contribution is -2.41. The van der Waals surface area contributed by atoms with E-state index in [1.165, 1.54) is 0 Å². The molecule has 0 atom stereocenters. The standard InChI is InChI=1S/C16H23ClN2O3/c17-14-4-1-2-5-15(14)22-11-3-6-16(20)18-7-8-19-9-12-21-13-10-19/h1-2,4-5H,3,6-13H2,(H,18,20). The van der Waals surface area contributed by atoms with Crippen molar-refractivity contribution in [3.63, 3.8) is 0 Å². The van der Waals surface area contributed by atoms with E-state index in [4.69, 9.17) is 21.1 Å². The molecule has 0 bridgehead atoms. The van der Waals surface area contributed by atoms with Gasteiger partial charge in [-0.2, -0.15) is 0 Å². The Kier molecular flexibility index (Phi) is 7.49. The minimum absolute atomic E-state index is 0.0658. The van der Waals surface area contributed by atoms with E-state index in [1.54, 1.807) is 6.07 Å². The maximum atomic E-state index is 11.7. The Labute approximate surface area is 136 Å². The van der Waals surface area contributed by atoms with Crippen molar-refractivity contribution in [1.29, 1.82) is 0 Å². The van der Waals surface area contributed by atoms with E-state index in [-0.39, 0.29) is 5.91 Å². The van der Waals surface area contributed by atoms with Gasteiger partial charge >= 0.3 is 0 Å². The molecule has 6 heteroatoms. The minimum atomic E-state index is 0.0658. The number of halogens is 1. The van der Waals surface area contributed by atoms with Crippen molar-refractivity contribution in [3.8, 4) is 5.75 Å². The lowest BCUT2D eigenvalue weighted by Gasteiger charge is -2.26. The average Bonchev–Trinajstić information content (AvgIpc) is 2.54. The second kappa shape index (κ2) is 9.66. The molecule has 1 N–H and O–H groups in total. The van der Waals surface area contributed by atoms with Crippen LogP contribution in [0.4, 0.5) is 0 Å². The Balaban J connectivity index is 1.51. The first kappa shape index (κ1) is 17.1. The molecule has 1 fully saturated rings. The van der Waals surface area contributed by atoms with Gasteiger partial charge in [0.2, 0.25) is 5.91 Å². The first-order valence-electron chi connectivity index (χ1n) is 7.70. The quantitative estimate of drug-likeness (QED) is 0.742. The zero-order valence-electron chi connectivity index (χ0n) is 12.7. The van der Waals surface area contributed by atoms with Gasteiger partial charge in [0.1, 0.15) is 5.75 Å². The maximum absolute atomic E-state index is 11.7. The van der Waals surface area contributed by atoms with Crippen LogP contribution >= 0.6 is 11.6 Å². The number of hydrogen-bond acceptors (Lipinski definition) is 4. The van der Waals surface area contributed by atoms with E-state index >= 15 is 0 Å². The number of nitrogens with zero attached hydrogens (tertiary/aromatic N) is 1. The van der Waals surface area contributed by atoms with Crippen LogP contribution in [0.15, 0.2) is 24.3 Å². The third kappa shape index (κ3) is 6.22. The molecular weight excluding hydrogens is 304 g/mol. The third-order valence-corrected chi connectivity index (χ3v) is 3.81. The summed E-state index contributed by atoms with van der Waals surface area (Å²) in [5, 5.41) is 3.53. The Morgan fingerprint density at radius 3 is 2.86 bits per heavy atom. The van der Waals surface area contributed by atoms with Crippen molar-refractivity contribution < 1.29 is 14.3 Å². The van der Waals surface area contributed by atoms with Crippen LogP contribution in [-0.2, 0) is 9.53 Å². The molecule has 2 rings (SSSR count). The molecular formula is C16H23ClN2O3. The Hall–Kier alpha value is -1.30. The number of ether oxygens (including phenoxy) is 2. The van der Waals surface area contributed by atoms with Gasteiger partial charge in [-0.15, -0.1) is 0 Å². The largest absolute Gasteiger partial charge is 0.492 e. The Morgan fingerprint density at radius 1 is 1.32 bits per heavy atom. The molecule has 1 amide bonds. The highest BCUT2D eigenvalue weighted by atomic mass is 35.5. The summed E-state index contributed by atoms with van der Waals surface area (Å²) in [5.74, 6) is 0.730. The SMILES string of the molecule is O=C(CCCOc1ccccc1Cl)NCCN1CCOCC1. The molecule has 0 unspecified atom stereocenters. The molecule has 1 aliphatic rings. The summed E-state index contributed by atoms with van der Waals surface area (Å²) in [6, 6.07) is 7.34. The van der Waals surface area contributed by atoms with Gasteiger partial charge in [0.15, 0.2) is 0 Å². The number of nitrogens with one attached hydrogen (secondary N) is 1. The second-order valence-electron chi connectivity index (χ2n) is 5.19. The van der Waals surface area contributed by atoms with Gasteiger partial charge in [-0.3, -0.25) is 9.69 Å². The molecule has 0 spiro atoms. The number of benzene rings is 1. The van der Waals surface area contributed by atoms with Crippen LogP contribution < -0.4 is 10.1 Å². The van der Waals surface area contributed by atoms with Crippen molar-refractivity contribution in [3.05, 3.63) is 29.3 Å². The summed E-state index contributed by atoms with van der Waals surface area (Å²) in [6.45, 7) is 5.51. The number of morpholine rings is 1. The van der Waals surface area contributed by atoms with Crippen LogP contribution in [0.3, 0.4) is 0 Å². The van der Waals surface area contributed by atoms with Gasteiger partial charge in [-0.25, -0.2) is 0 Å². The summed E-state index contributed by atoms with van der Waals surface area (Å²) >= 11 is 5.99. The molecule has 0 aromatic heterocycles. The van der Waals surface area contributed by atoms with Crippen molar-refractivity contribution >= 4 is 17.5 Å². The van der Waals surface area contributed by atoms with Gasteiger partial charge in [-0.1, -0.05) is 23.7 Å². The van der Waals surface area contributed by atoms with Gasteiger partial charge in [0.25, 0.3) is 0 Å². The summed E-state index contributed by atoms with van der Waals surface area (Å²) in [7, 11) is 0. The Bertz CT molecular complexity index is 464. The number of para-hydroxylation sites is 1. The van der Waals surface area contributed by atoms with Gasteiger partial charge in [0, 0.05) is 32.6 Å². The number of carbonyl (C=O) groups excluding carboxylic acids is 1. The molecule has 22 heavy (non-hydrogen) atoms. The van der Waals surface area contributed by atoms with Crippen molar-refractivity contribution in [2.75, 3.05) is 46.0 Å². The molecule has 122 valence electrons. The number of hydrogen-bond donors (Lipinski definition) is 1. The van der Waals surface area contributed by atoms with Crippen LogP contribution in [0.5, 0.6) is 5.75 Å². The molecule has 5 nitrogen and oxygen atoms in total. The highest BCUT2D eigenvalue weighted by molar-refractivity contribution is 6.32. The predicted octanol–water partition coefficient (Wildman–Crippen LogP) is 1.95. The molecule has 0 radical (unpaired) electrons. The molecule has 1 aromatic carbocycles. The molecule has 1 aliphatic heterocycles. The smallest absolute Gasteiger partial charge is 0.220 e. The van der Waals surface area contributed by atoms with Crippen LogP contribution in [-0.4, -0.2) is 56.8 Å². The van der Waals surface area contributed by atoms with Crippen LogP contribution in [0, 0.1) is 0 Å². The van der Waals surface area contributed by atoms with E-state index in [0.29, 0.717) is 36.8 Å². The maximum Gasteiger partial charge on any atom is 0.220 e. The van der Waals surface area contributed by atoms with Crippen LogP contribution in [0.2, 0.25) is 5.02 Å². The molecule has 0 saturated carbocycles. The highest BCUT2D eigenvalue weighted by Gasteiger charge is 2.10. The molecule has 1 saturated heterocycles. The fraction of sp³-hybridized carbons (Fsp3) is 0.562. The lowest BCUT2D eigenvalue weighted by atomic mass is 10.3.